The highest BCUT2D eigenvalue weighted by atomic mass is 16.3. The van der Waals surface area contributed by atoms with Gasteiger partial charge in [0.05, 0.1) is 5.92 Å². The van der Waals surface area contributed by atoms with Crippen LogP contribution in [0.1, 0.15) is 50.2 Å². The molecule has 2 atom stereocenters. The molecule has 0 aliphatic rings. The number of amides is 2. The maximum Gasteiger partial charge on any atom is 0.286 e. The fourth-order valence-corrected chi connectivity index (χ4v) is 3.41. The summed E-state index contributed by atoms with van der Waals surface area (Å²) in [5.41, 5.74) is 1.53. The number of hydrogen-bond donors (Lipinski definition) is 0. The zero-order valence-electron chi connectivity index (χ0n) is 15.9. The minimum atomic E-state index is -0.766. The van der Waals surface area contributed by atoms with Gasteiger partial charge in [0.15, 0.2) is 0 Å². The Kier molecular flexibility index (Phi) is 7.34. The van der Waals surface area contributed by atoms with Crippen molar-refractivity contribution in [2.45, 2.75) is 45.1 Å². The van der Waals surface area contributed by atoms with Crippen LogP contribution in [0.2, 0.25) is 0 Å². The zero-order chi connectivity index (χ0) is 19.8. The van der Waals surface area contributed by atoms with Crippen molar-refractivity contribution in [1.29, 1.82) is 0 Å². The maximum atomic E-state index is 13.5. The van der Waals surface area contributed by atoms with Crippen LogP contribution in [0.4, 0.5) is 0 Å². The second kappa shape index (κ2) is 9.71. The van der Waals surface area contributed by atoms with E-state index < -0.39 is 17.7 Å². The second-order valence-electron chi connectivity index (χ2n) is 6.69. The van der Waals surface area contributed by atoms with Crippen molar-refractivity contribution >= 4 is 11.8 Å². The van der Waals surface area contributed by atoms with E-state index in [4.69, 9.17) is 0 Å². The van der Waals surface area contributed by atoms with E-state index in [9.17, 15) is 14.5 Å². The molecule has 2 amide bonds. The molecular formula is C21H25N3O3. The van der Waals surface area contributed by atoms with Gasteiger partial charge in [-0.2, -0.15) is 0 Å². The van der Waals surface area contributed by atoms with Crippen LogP contribution in [-0.4, -0.2) is 34.3 Å². The molecule has 6 heteroatoms. The standard InChI is InChI=1S/C21H25N3O3/c1-4-24(15(2)3)21(26)20(17-11-8-12-22-14-17)18(13-19(25)23-27)16-9-6-5-7-10-16/h5-12,14-15,18,20H,4,13H2,1-3H3. The number of benzene rings is 1. The highest BCUT2D eigenvalue weighted by Gasteiger charge is 2.36. The molecule has 1 aromatic heterocycles. The third-order valence-corrected chi connectivity index (χ3v) is 4.68. The molecule has 0 saturated carbocycles. The quantitative estimate of drug-likeness (QED) is 0.663. The Morgan fingerprint density at radius 2 is 1.74 bits per heavy atom. The van der Waals surface area contributed by atoms with Gasteiger partial charge in [-0.3, -0.25) is 14.6 Å². The lowest BCUT2D eigenvalue weighted by atomic mass is 9.78. The van der Waals surface area contributed by atoms with Crippen molar-refractivity contribution < 1.29 is 9.59 Å². The summed E-state index contributed by atoms with van der Waals surface area (Å²) < 4.78 is 0. The lowest BCUT2D eigenvalue weighted by Gasteiger charge is -2.33. The number of nitrogens with zero attached hydrogens (tertiary/aromatic N) is 3. The predicted octanol–water partition coefficient (Wildman–Crippen LogP) is 3.89. The molecule has 0 aliphatic carbocycles. The van der Waals surface area contributed by atoms with Gasteiger partial charge in [0, 0.05) is 42.5 Å². The van der Waals surface area contributed by atoms with Crippen LogP contribution in [0, 0.1) is 4.91 Å². The summed E-state index contributed by atoms with van der Waals surface area (Å²) in [4.78, 5) is 42.1. The van der Waals surface area contributed by atoms with Gasteiger partial charge in [0.1, 0.15) is 0 Å². The number of aromatic nitrogens is 1. The maximum absolute atomic E-state index is 13.5. The zero-order valence-corrected chi connectivity index (χ0v) is 15.9. The Hall–Kier alpha value is -2.89. The molecule has 0 spiro atoms. The summed E-state index contributed by atoms with van der Waals surface area (Å²) in [5.74, 6) is -1.98. The third kappa shape index (κ3) is 5.06. The van der Waals surface area contributed by atoms with E-state index >= 15 is 0 Å². The number of nitroso groups, excluding NO2 is 1. The minimum Gasteiger partial charge on any atom is -0.340 e. The van der Waals surface area contributed by atoms with E-state index in [1.54, 1.807) is 23.4 Å². The molecule has 1 aromatic carbocycles. The first-order valence-corrected chi connectivity index (χ1v) is 9.11. The van der Waals surface area contributed by atoms with Crippen LogP contribution >= 0.6 is 0 Å². The summed E-state index contributed by atoms with van der Waals surface area (Å²) in [6, 6.07) is 12.9. The first-order chi connectivity index (χ1) is 13.0. The van der Waals surface area contributed by atoms with Crippen LogP contribution in [0.3, 0.4) is 0 Å². The fraction of sp³-hybridized carbons (Fsp3) is 0.381. The Bertz CT molecular complexity index is 763. The summed E-state index contributed by atoms with van der Waals surface area (Å²) in [7, 11) is 0. The number of pyridine rings is 1. The average Bonchev–Trinajstić information content (AvgIpc) is 2.69. The SMILES string of the molecule is CCN(C(=O)C(c1cccnc1)C(CC(=O)N=O)c1ccccc1)C(C)C. The molecule has 0 radical (unpaired) electrons. The fourth-order valence-electron chi connectivity index (χ4n) is 3.41. The van der Waals surface area contributed by atoms with Crippen molar-refractivity contribution in [3.63, 3.8) is 0 Å². The number of likely N-dealkylation sites (N-methyl/N-ethyl adjacent to an activating group) is 1. The van der Waals surface area contributed by atoms with Gasteiger partial charge in [-0.15, -0.1) is 4.91 Å². The van der Waals surface area contributed by atoms with Gasteiger partial charge in [-0.1, -0.05) is 36.4 Å². The Morgan fingerprint density at radius 3 is 2.26 bits per heavy atom. The molecular weight excluding hydrogens is 342 g/mol. The number of carbonyl (C=O) groups excluding carboxylic acids is 2. The lowest BCUT2D eigenvalue weighted by molar-refractivity contribution is -0.135. The lowest BCUT2D eigenvalue weighted by Crippen LogP contribution is -2.41. The van der Waals surface area contributed by atoms with E-state index in [1.807, 2.05) is 57.2 Å². The normalized spacial score (nSPS) is 13.0. The van der Waals surface area contributed by atoms with Crippen molar-refractivity contribution in [1.82, 2.24) is 9.88 Å². The van der Waals surface area contributed by atoms with Crippen LogP contribution in [0.5, 0.6) is 0 Å². The summed E-state index contributed by atoms with van der Waals surface area (Å²) in [6.07, 6.45) is 3.15. The van der Waals surface area contributed by atoms with Crippen LogP contribution in [0.25, 0.3) is 0 Å². The molecule has 27 heavy (non-hydrogen) atoms. The van der Waals surface area contributed by atoms with Gasteiger partial charge in [-0.05, 0) is 38.0 Å². The molecule has 1 heterocycles. The average molecular weight is 367 g/mol. The van der Waals surface area contributed by atoms with E-state index in [-0.39, 0.29) is 18.4 Å². The molecule has 0 aliphatic heterocycles. The van der Waals surface area contributed by atoms with Crippen molar-refractivity contribution in [3.8, 4) is 0 Å². The number of hydrogen-bond acceptors (Lipinski definition) is 4. The van der Waals surface area contributed by atoms with Crippen molar-refractivity contribution in [3.05, 3.63) is 70.9 Å². The highest BCUT2D eigenvalue weighted by Crippen LogP contribution is 2.37. The van der Waals surface area contributed by atoms with Gasteiger partial charge in [0.2, 0.25) is 5.91 Å². The van der Waals surface area contributed by atoms with Crippen LogP contribution in [0.15, 0.2) is 60.0 Å². The van der Waals surface area contributed by atoms with Crippen molar-refractivity contribution in [2.24, 2.45) is 5.18 Å². The summed E-state index contributed by atoms with van der Waals surface area (Å²) in [6.45, 7) is 6.39. The molecule has 2 aromatic rings. The monoisotopic (exact) mass is 367 g/mol. The molecule has 0 saturated heterocycles. The van der Waals surface area contributed by atoms with Gasteiger partial charge < -0.3 is 4.90 Å². The van der Waals surface area contributed by atoms with Crippen LogP contribution < -0.4 is 0 Å². The van der Waals surface area contributed by atoms with E-state index in [0.717, 1.165) is 5.56 Å². The van der Waals surface area contributed by atoms with E-state index in [0.29, 0.717) is 12.1 Å². The first-order valence-electron chi connectivity index (χ1n) is 9.11. The van der Waals surface area contributed by atoms with Gasteiger partial charge in [-0.25, -0.2) is 0 Å². The number of carbonyl (C=O) groups is 2. The first kappa shape index (κ1) is 20.4. The molecule has 2 rings (SSSR count). The molecule has 6 nitrogen and oxygen atoms in total. The summed E-state index contributed by atoms with van der Waals surface area (Å²) in [5, 5.41) is 2.56. The summed E-state index contributed by atoms with van der Waals surface area (Å²) >= 11 is 0. The second-order valence-corrected chi connectivity index (χ2v) is 6.69. The molecule has 0 N–H and O–H groups in total. The molecule has 0 fully saturated rings. The largest absolute Gasteiger partial charge is 0.340 e. The van der Waals surface area contributed by atoms with Crippen molar-refractivity contribution in [2.75, 3.05) is 6.54 Å². The Morgan fingerprint density at radius 1 is 1.07 bits per heavy atom. The predicted molar refractivity (Wildman–Crippen MR) is 104 cm³/mol. The molecule has 2 unspecified atom stereocenters. The van der Waals surface area contributed by atoms with Gasteiger partial charge in [0.25, 0.3) is 5.91 Å². The van der Waals surface area contributed by atoms with E-state index in [1.165, 1.54) is 0 Å². The smallest absolute Gasteiger partial charge is 0.286 e. The number of rotatable bonds is 8. The molecule has 142 valence electrons. The topological polar surface area (TPSA) is 79.7 Å². The third-order valence-electron chi connectivity index (χ3n) is 4.68. The van der Waals surface area contributed by atoms with E-state index in [2.05, 4.69) is 10.2 Å². The Balaban J connectivity index is 2.58. The highest BCUT2D eigenvalue weighted by molar-refractivity contribution is 5.87. The van der Waals surface area contributed by atoms with Gasteiger partial charge >= 0.3 is 0 Å². The molecule has 0 bridgehead atoms. The van der Waals surface area contributed by atoms with Crippen LogP contribution in [-0.2, 0) is 9.59 Å². The minimum absolute atomic E-state index is 0.0120. The Labute approximate surface area is 159 Å².